The lowest BCUT2D eigenvalue weighted by Gasteiger charge is -2.10. The third kappa shape index (κ3) is 4.00. The number of carbonyl (C=O) groups excluding carboxylic acids is 1. The van der Waals surface area contributed by atoms with E-state index in [-0.39, 0.29) is 6.01 Å². The van der Waals surface area contributed by atoms with Gasteiger partial charge in [0, 0.05) is 12.6 Å². The Kier molecular flexibility index (Phi) is 5.48. The van der Waals surface area contributed by atoms with E-state index in [1.54, 1.807) is 31.6 Å². The number of methoxy groups -OCH3 is 2. The lowest BCUT2D eigenvalue weighted by atomic mass is 10.1. The molecule has 0 radical (unpaired) electrons. The predicted octanol–water partition coefficient (Wildman–Crippen LogP) is 3.22. The first-order valence-electron chi connectivity index (χ1n) is 8.06. The van der Waals surface area contributed by atoms with Crippen molar-refractivity contribution in [2.75, 3.05) is 26.1 Å². The van der Waals surface area contributed by atoms with Crippen LogP contribution in [0, 0.1) is 0 Å². The fraction of sp³-hybridized carbons (Fsp3) is 0.211. The minimum Gasteiger partial charge on any atom is -0.496 e. The lowest BCUT2D eigenvalue weighted by Crippen LogP contribution is -2.08. The molecule has 0 saturated carbocycles. The second-order valence-corrected chi connectivity index (χ2v) is 5.47. The summed E-state index contributed by atoms with van der Waals surface area (Å²) in [6.07, 6.45) is 3.11. The summed E-state index contributed by atoms with van der Waals surface area (Å²) in [5, 5.41) is 3.25. The van der Waals surface area contributed by atoms with Gasteiger partial charge in [-0.15, -0.1) is 0 Å². The molecule has 26 heavy (non-hydrogen) atoms. The molecule has 2 aromatic heterocycles. The summed E-state index contributed by atoms with van der Waals surface area (Å²) in [5.74, 6) is 1.85. The van der Waals surface area contributed by atoms with Crippen LogP contribution < -0.4 is 14.8 Å². The summed E-state index contributed by atoms with van der Waals surface area (Å²) < 4.78 is 15.8. The van der Waals surface area contributed by atoms with Gasteiger partial charge in [0.2, 0.25) is 0 Å². The van der Waals surface area contributed by atoms with Gasteiger partial charge in [0.15, 0.2) is 12.0 Å². The highest BCUT2D eigenvalue weighted by Crippen LogP contribution is 2.23. The Morgan fingerprint density at radius 3 is 2.73 bits per heavy atom. The minimum absolute atomic E-state index is 0.262. The van der Waals surface area contributed by atoms with E-state index >= 15 is 0 Å². The van der Waals surface area contributed by atoms with Gasteiger partial charge in [-0.1, -0.05) is 6.07 Å². The first-order chi connectivity index (χ1) is 12.7. The van der Waals surface area contributed by atoms with Gasteiger partial charge in [0.05, 0.1) is 26.0 Å². The molecular formula is C19H19N3O4. The van der Waals surface area contributed by atoms with E-state index < -0.39 is 0 Å². The van der Waals surface area contributed by atoms with Crippen LogP contribution in [0.2, 0.25) is 0 Å². The zero-order valence-electron chi connectivity index (χ0n) is 14.6. The number of aldehydes is 1. The number of benzene rings is 1. The number of ether oxygens (including phenoxy) is 2. The van der Waals surface area contributed by atoms with Gasteiger partial charge in [-0.25, -0.2) is 0 Å². The van der Waals surface area contributed by atoms with Crippen LogP contribution in [-0.2, 0) is 6.42 Å². The molecule has 7 heteroatoms. The van der Waals surface area contributed by atoms with Gasteiger partial charge in [-0.3, -0.25) is 4.79 Å². The number of nitrogens with zero attached hydrogens (tertiary/aromatic N) is 2. The van der Waals surface area contributed by atoms with Crippen molar-refractivity contribution >= 4 is 12.1 Å². The lowest BCUT2D eigenvalue weighted by molar-refractivity contribution is 0.112. The maximum atomic E-state index is 11.0. The first kappa shape index (κ1) is 17.5. The number of carbonyl (C=O) groups is 1. The highest BCUT2D eigenvalue weighted by molar-refractivity contribution is 5.79. The molecular weight excluding hydrogens is 334 g/mol. The third-order valence-corrected chi connectivity index (χ3v) is 3.81. The molecule has 134 valence electrons. The summed E-state index contributed by atoms with van der Waals surface area (Å²) in [6, 6.07) is 11.2. The maximum absolute atomic E-state index is 11.0. The van der Waals surface area contributed by atoms with Gasteiger partial charge in [0.1, 0.15) is 17.3 Å². The number of anilines is 1. The first-order valence-corrected chi connectivity index (χ1v) is 8.06. The molecule has 0 amide bonds. The highest BCUT2D eigenvalue weighted by Gasteiger charge is 2.09. The van der Waals surface area contributed by atoms with Crippen LogP contribution in [0.4, 0.5) is 5.82 Å². The number of aromatic nitrogens is 2. The molecule has 0 aliphatic rings. The molecule has 0 spiro atoms. The van der Waals surface area contributed by atoms with Crippen LogP contribution in [-0.4, -0.2) is 37.0 Å². The van der Waals surface area contributed by atoms with E-state index in [2.05, 4.69) is 15.3 Å². The number of rotatable bonds is 8. The van der Waals surface area contributed by atoms with E-state index in [4.69, 9.17) is 13.9 Å². The predicted molar refractivity (Wildman–Crippen MR) is 96.9 cm³/mol. The molecule has 1 N–H and O–H groups in total. The summed E-state index contributed by atoms with van der Waals surface area (Å²) in [6.45, 7) is 0.640. The smallest absolute Gasteiger partial charge is 0.318 e. The standard InChI is InChI=1S/C19H19N3O4/c1-24-17-10-13(5-6-14(17)12-23)7-8-20-18-11-15(16-4-3-9-26-16)21-19(22-18)25-2/h3-6,9-12H,7-8H2,1-2H3,(H,20,21,22). The van der Waals surface area contributed by atoms with Gasteiger partial charge in [-0.2, -0.15) is 9.97 Å². The van der Waals surface area contributed by atoms with E-state index in [9.17, 15) is 4.79 Å². The SMILES string of the molecule is COc1nc(NCCc2ccc(C=O)c(OC)c2)cc(-c2ccco2)n1. The number of furan rings is 1. The van der Waals surface area contributed by atoms with Gasteiger partial charge >= 0.3 is 6.01 Å². The highest BCUT2D eigenvalue weighted by atomic mass is 16.5. The molecule has 0 saturated heterocycles. The Morgan fingerprint density at radius 1 is 1.15 bits per heavy atom. The maximum Gasteiger partial charge on any atom is 0.318 e. The molecule has 0 fully saturated rings. The van der Waals surface area contributed by atoms with Crippen LogP contribution in [0.3, 0.4) is 0 Å². The number of hydrogen-bond acceptors (Lipinski definition) is 7. The van der Waals surface area contributed by atoms with Crippen molar-refractivity contribution in [3.05, 3.63) is 53.8 Å². The van der Waals surface area contributed by atoms with E-state index in [1.165, 1.54) is 7.11 Å². The molecule has 1 aromatic carbocycles. The summed E-state index contributed by atoms with van der Waals surface area (Å²) in [4.78, 5) is 19.5. The van der Waals surface area contributed by atoms with Crippen molar-refractivity contribution in [1.82, 2.24) is 9.97 Å². The summed E-state index contributed by atoms with van der Waals surface area (Å²) in [5.41, 5.74) is 2.22. The molecule has 0 atom stereocenters. The van der Waals surface area contributed by atoms with Crippen molar-refractivity contribution < 1.29 is 18.7 Å². The molecule has 0 aliphatic carbocycles. The minimum atomic E-state index is 0.262. The Bertz CT molecular complexity index is 878. The van der Waals surface area contributed by atoms with Gasteiger partial charge in [-0.05, 0) is 36.2 Å². The molecule has 0 unspecified atom stereocenters. The normalized spacial score (nSPS) is 10.4. The molecule has 7 nitrogen and oxygen atoms in total. The topological polar surface area (TPSA) is 86.5 Å². The van der Waals surface area contributed by atoms with Crippen molar-refractivity contribution in [3.63, 3.8) is 0 Å². The fourth-order valence-corrected chi connectivity index (χ4v) is 2.50. The zero-order valence-corrected chi connectivity index (χ0v) is 14.6. The molecule has 3 rings (SSSR count). The van der Waals surface area contributed by atoms with Crippen LogP contribution >= 0.6 is 0 Å². The van der Waals surface area contributed by atoms with Crippen LogP contribution in [0.5, 0.6) is 11.8 Å². The largest absolute Gasteiger partial charge is 0.496 e. The van der Waals surface area contributed by atoms with Crippen molar-refractivity contribution in [1.29, 1.82) is 0 Å². The Morgan fingerprint density at radius 2 is 2.04 bits per heavy atom. The Balaban J connectivity index is 1.70. The molecule has 0 bridgehead atoms. The fourth-order valence-electron chi connectivity index (χ4n) is 2.50. The monoisotopic (exact) mass is 353 g/mol. The molecule has 0 aliphatic heterocycles. The van der Waals surface area contributed by atoms with Crippen molar-refractivity contribution in [2.45, 2.75) is 6.42 Å². The van der Waals surface area contributed by atoms with E-state index in [1.807, 2.05) is 18.2 Å². The quantitative estimate of drug-likeness (QED) is 0.622. The second-order valence-electron chi connectivity index (χ2n) is 5.47. The van der Waals surface area contributed by atoms with Gasteiger partial charge < -0.3 is 19.2 Å². The average Bonchev–Trinajstić information content (AvgIpc) is 3.22. The zero-order chi connectivity index (χ0) is 18.4. The van der Waals surface area contributed by atoms with Crippen LogP contribution in [0.1, 0.15) is 15.9 Å². The molecule has 2 heterocycles. The van der Waals surface area contributed by atoms with Crippen molar-refractivity contribution in [3.8, 4) is 23.2 Å². The third-order valence-electron chi connectivity index (χ3n) is 3.81. The Labute approximate surface area is 151 Å². The molecule has 3 aromatic rings. The van der Waals surface area contributed by atoms with Gasteiger partial charge in [0.25, 0.3) is 0 Å². The Hall–Kier alpha value is -3.35. The second kappa shape index (κ2) is 8.15. The average molecular weight is 353 g/mol. The van der Waals surface area contributed by atoms with Crippen LogP contribution in [0.25, 0.3) is 11.5 Å². The van der Waals surface area contributed by atoms with E-state index in [0.29, 0.717) is 35.1 Å². The summed E-state index contributed by atoms with van der Waals surface area (Å²) >= 11 is 0. The number of hydrogen-bond donors (Lipinski definition) is 1. The van der Waals surface area contributed by atoms with E-state index in [0.717, 1.165) is 18.3 Å². The number of nitrogens with one attached hydrogen (secondary N) is 1. The van der Waals surface area contributed by atoms with Crippen molar-refractivity contribution in [2.24, 2.45) is 0 Å². The van der Waals surface area contributed by atoms with Crippen LogP contribution in [0.15, 0.2) is 47.1 Å². The summed E-state index contributed by atoms with van der Waals surface area (Å²) in [7, 11) is 3.07.